The Morgan fingerprint density at radius 1 is 1.12 bits per heavy atom. The van der Waals surface area contributed by atoms with Gasteiger partial charge in [0.15, 0.2) is 5.82 Å². The van der Waals surface area contributed by atoms with Gasteiger partial charge in [-0.05, 0) is 31.9 Å². The fourth-order valence-corrected chi connectivity index (χ4v) is 4.44. The molecule has 170 valence electrons. The van der Waals surface area contributed by atoms with Crippen molar-refractivity contribution in [1.29, 1.82) is 0 Å². The molecular weight excluding hydrogens is 406 g/mol. The summed E-state index contributed by atoms with van der Waals surface area (Å²) in [6.45, 7) is 10.8. The Morgan fingerprint density at radius 3 is 2.59 bits per heavy atom. The molecule has 0 N–H and O–H groups in total. The molecule has 8 heteroatoms. The molecule has 2 saturated heterocycles. The molecule has 0 aliphatic carbocycles. The third-order valence-corrected chi connectivity index (χ3v) is 6.09. The molecule has 1 aromatic heterocycles. The van der Waals surface area contributed by atoms with Crippen LogP contribution in [0.2, 0.25) is 0 Å². The molecule has 32 heavy (non-hydrogen) atoms. The van der Waals surface area contributed by atoms with Crippen LogP contribution in [0.1, 0.15) is 54.3 Å². The first-order valence-corrected chi connectivity index (χ1v) is 11.3. The fourth-order valence-electron chi connectivity index (χ4n) is 4.44. The third kappa shape index (κ3) is 5.24. The van der Waals surface area contributed by atoms with Crippen molar-refractivity contribution >= 4 is 11.8 Å². The monoisotopic (exact) mass is 437 g/mol. The summed E-state index contributed by atoms with van der Waals surface area (Å²) >= 11 is 0. The van der Waals surface area contributed by atoms with E-state index >= 15 is 0 Å². The molecule has 0 spiro atoms. The number of hydrogen-bond acceptors (Lipinski definition) is 6. The van der Waals surface area contributed by atoms with Gasteiger partial charge in [0, 0.05) is 57.7 Å². The maximum absolute atomic E-state index is 12.9. The van der Waals surface area contributed by atoms with E-state index in [1.807, 2.05) is 47.1 Å². The maximum atomic E-state index is 12.9. The summed E-state index contributed by atoms with van der Waals surface area (Å²) in [5.41, 5.74) is 1.81. The lowest BCUT2D eigenvalue weighted by Crippen LogP contribution is -2.49. The van der Waals surface area contributed by atoms with Gasteiger partial charge in [-0.2, -0.15) is 4.98 Å². The molecule has 4 rings (SSSR count). The van der Waals surface area contributed by atoms with Gasteiger partial charge >= 0.3 is 0 Å². The van der Waals surface area contributed by atoms with Gasteiger partial charge in [0.1, 0.15) is 0 Å². The summed E-state index contributed by atoms with van der Waals surface area (Å²) in [5.74, 6) is 1.08. The van der Waals surface area contributed by atoms with E-state index in [4.69, 9.17) is 4.52 Å². The van der Waals surface area contributed by atoms with Crippen molar-refractivity contribution in [3.8, 4) is 0 Å². The minimum absolute atomic E-state index is 0.0135. The lowest BCUT2D eigenvalue weighted by molar-refractivity contribution is -0.132. The SMILES string of the molecule is C=C(C)CN1CCN(C(=O)CCc2nc(C3CCCN3C(=O)c3ccccc3)no2)CC1. The van der Waals surface area contributed by atoms with Crippen LogP contribution in [0.4, 0.5) is 0 Å². The molecule has 1 atom stereocenters. The molecule has 2 aliphatic rings. The van der Waals surface area contributed by atoms with E-state index in [2.05, 4.69) is 21.6 Å². The molecule has 1 unspecified atom stereocenters. The molecule has 1 aromatic carbocycles. The average Bonchev–Trinajstić information content (AvgIpc) is 3.47. The second kappa shape index (κ2) is 10.1. The van der Waals surface area contributed by atoms with Crippen LogP contribution < -0.4 is 0 Å². The van der Waals surface area contributed by atoms with Crippen molar-refractivity contribution in [3.63, 3.8) is 0 Å². The summed E-state index contributed by atoms with van der Waals surface area (Å²) in [6.07, 6.45) is 2.48. The van der Waals surface area contributed by atoms with Crippen molar-refractivity contribution in [2.24, 2.45) is 0 Å². The average molecular weight is 438 g/mol. The highest BCUT2D eigenvalue weighted by Crippen LogP contribution is 2.31. The number of carbonyl (C=O) groups excluding carboxylic acids is 2. The van der Waals surface area contributed by atoms with Gasteiger partial charge in [0.2, 0.25) is 11.8 Å². The van der Waals surface area contributed by atoms with E-state index in [-0.39, 0.29) is 17.9 Å². The van der Waals surface area contributed by atoms with E-state index in [9.17, 15) is 9.59 Å². The number of nitrogens with zero attached hydrogens (tertiary/aromatic N) is 5. The van der Waals surface area contributed by atoms with E-state index in [0.29, 0.717) is 36.7 Å². The minimum Gasteiger partial charge on any atom is -0.340 e. The van der Waals surface area contributed by atoms with Gasteiger partial charge < -0.3 is 14.3 Å². The second-order valence-electron chi connectivity index (χ2n) is 8.68. The van der Waals surface area contributed by atoms with Crippen LogP contribution in [0, 0.1) is 0 Å². The number of benzene rings is 1. The highest BCUT2D eigenvalue weighted by atomic mass is 16.5. The predicted octanol–water partition coefficient (Wildman–Crippen LogP) is 2.70. The van der Waals surface area contributed by atoms with E-state index < -0.39 is 0 Å². The molecule has 8 nitrogen and oxygen atoms in total. The molecule has 2 amide bonds. The Hall–Kier alpha value is -3.00. The highest BCUT2D eigenvalue weighted by Gasteiger charge is 2.34. The Kier molecular flexibility index (Phi) is 6.99. The van der Waals surface area contributed by atoms with E-state index in [0.717, 1.165) is 51.1 Å². The zero-order chi connectivity index (χ0) is 22.5. The van der Waals surface area contributed by atoms with Gasteiger partial charge in [-0.3, -0.25) is 14.5 Å². The Balaban J connectivity index is 1.30. The third-order valence-electron chi connectivity index (χ3n) is 6.09. The van der Waals surface area contributed by atoms with Crippen LogP contribution in [0.15, 0.2) is 47.0 Å². The Labute approximate surface area is 188 Å². The molecule has 2 fully saturated rings. The zero-order valence-corrected chi connectivity index (χ0v) is 18.7. The fraction of sp³-hybridized carbons (Fsp3) is 0.500. The molecule has 0 radical (unpaired) electrons. The van der Waals surface area contributed by atoms with E-state index in [1.54, 1.807) is 0 Å². The van der Waals surface area contributed by atoms with E-state index in [1.165, 1.54) is 0 Å². The molecule has 0 saturated carbocycles. The van der Waals surface area contributed by atoms with Gasteiger partial charge in [-0.1, -0.05) is 35.5 Å². The minimum atomic E-state index is -0.183. The summed E-state index contributed by atoms with van der Waals surface area (Å²) in [5, 5.41) is 4.13. The number of rotatable bonds is 7. The van der Waals surface area contributed by atoms with Crippen LogP contribution in [-0.2, 0) is 11.2 Å². The van der Waals surface area contributed by atoms with Gasteiger partial charge in [-0.25, -0.2) is 0 Å². The van der Waals surface area contributed by atoms with Crippen molar-refractivity contribution < 1.29 is 14.1 Å². The first-order chi connectivity index (χ1) is 15.5. The first-order valence-electron chi connectivity index (χ1n) is 11.3. The zero-order valence-electron chi connectivity index (χ0n) is 18.7. The normalized spacial score (nSPS) is 19.3. The predicted molar refractivity (Wildman–Crippen MR) is 120 cm³/mol. The highest BCUT2D eigenvalue weighted by molar-refractivity contribution is 5.94. The lowest BCUT2D eigenvalue weighted by atomic mass is 10.1. The lowest BCUT2D eigenvalue weighted by Gasteiger charge is -2.34. The van der Waals surface area contributed by atoms with Crippen LogP contribution in [0.25, 0.3) is 0 Å². The van der Waals surface area contributed by atoms with Crippen LogP contribution >= 0.6 is 0 Å². The second-order valence-corrected chi connectivity index (χ2v) is 8.68. The number of carbonyl (C=O) groups is 2. The number of piperazine rings is 1. The number of likely N-dealkylation sites (tertiary alicyclic amines) is 1. The van der Waals surface area contributed by atoms with Gasteiger partial charge in [0.05, 0.1) is 6.04 Å². The molecule has 2 aliphatic heterocycles. The summed E-state index contributed by atoms with van der Waals surface area (Å²) in [4.78, 5) is 36.1. The molecular formula is C24H31N5O3. The standard InChI is InChI=1S/C24H31N5O3/c1-18(2)17-27-13-15-28(16-14-27)22(30)11-10-21-25-23(26-32-21)20-9-6-12-29(20)24(31)19-7-4-3-5-8-19/h3-5,7-8,20H,1,6,9-17H2,2H3. The van der Waals surface area contributed by atoms with Crippen molar-refractivity contribution in [1.82, 2.24) is 24.8 Å². The van der Waals surface area contributed by atoms with Crippen LogP contribution in [0.5, 0.6) is 0 Å². The largest absolute Gasteiger partial charge is 0.340 e. The quantitative estimate of drug-likeness (QED) is 0.620. The summed E-state index contributed by atoms with van der Waals surface area (Å²) < 4.78 is 5.42. The summed E-state index contributed by atoms with van der Waals surface area (Å²) in [6, 6.07) is 9.08. The number of aryl methyl sites for hydroxylation is 1. The van der Waals surface area contributed by atoms with Crippen molar-refractivity contribution in [3.05, 3.63) is 59.8 Å². The van der Waals surface area contributed by atoms with Gasteiger partial charge in [0.25, 0.3) is 5.91 Å². The van der Waals surface area contributed by atoms with Crippen molar-refractivity contribution in [2.45, 2.75) is 38.6 Å². The summed E-state index contributed by atoms with van der Waals surface area (Å²) in [7, 11) is 0. The molecule has 0 bridgehead atoms. The smallest absolute Gasteiger partial charge is 0.254 e. The number of hydrogen-bond donors (Lipinski definition) is 0. The maximum Gasteiger partial charge on any atom is 0.254 e. The topological polar surface area (TPSA) is 82.8 Å². The molecule has 3 heterocycles. The molecule has 2 aromatic rings. The Morgan fingerprint density at radius 2 is 1.88 bits per heavy atom. The van der Waals surface area contributed by atoms with Crippen LogP contribution in [0.3, 0.4) is 0 Å². The van der Waals surface area contributed by atoms with Crippen molar-refractivity contribution in [2.75, 3.05) is 39.3 Å². The number of amides is 2. The van der Waals surface area contributed by atoms with Gasteiger partial charge in [-0.15, -0.1) is 0 Å². The Bertz CT molecular complexity index is 950. The van der Waals surface area contributed by atoms with Crippen LogP contribution in [-0.4, -0.2) is 75.9 Å². The first kappa shape index (κ1) is 22.2. The number of aromatic nitrogens is 2.